The lowest BCUT2D eigenvalue weighted by Gasteiger charge is -2.22. The Kier molecular flexibility index (Phi) is 7.82. The smallest absolute Gasteiger partial charge is 0.287 e. The maximum atomic E-state index is 12.3. The van der Waals surface area contributed by atoms with E-state index in [-0.39, 0.29) is 18.3 Å². The summed E-state index contributed by atoms with van der Waals surface area (Å²) in [6, 6.07) is 11.3. The van der Waals surface area contributed by atoms with E-state index < -0.39 is 0 Å². The Labute approximate surface area is 154 Å². The molecule has 1 saturated heterocycles. The molecule has 0 spiro atoms. The van der Waals surface area contributed by atoms with Crippen LogP contribution in [0.5, 0.6) is 5.75 Å². The highest BCUT2D eigenvalue weighted by atomic mass is 35.5. The molecule has 1 aromatic carbocycles. The van der Waals surface area contributed by atoms with Gasteiger partial charge in [0.05, 0.1) is 6.26 Å². The van der Waals surface area contributed by atoms with Crippen LogP contribution in [0.2, 0.25) is 0 Å². The lowest BCUT2D eigenvalue weighted by Crippen LogP contribution is -2.33. The molecule has 25 heavy (non-hydrogen) atoms. The minimum atomic E-state index is -0.171. The largest absolute Gasteiger partial charge is 0.489 e. The molecule has 1 aromatic heterocycles. The number of carbonyl (C=O) groups excluding carboxylic acids is 1. The van der Waals surface area contributed by atoms with Crippen molar-refractivity contribution in [1.82, 2.24) is 10.6 Å². The van der Waals surface area contributed by atoms with Gasteiger partial charge in [-0.05, 0) is 56.5 Å². The minimum absolute atomic E-state index is 0. The fraction of sp³-hybridized carbons (Fsp3) is 0.421. The Morgan fingerprint density at radius 3 is 2.88 bits per heavy atom. The number of nitrogens with one attached hydrogen (secondary N) is 2. The van der Waals surface area contributed by atoms with Gasteiger partial charge in [0.1, 0.15) is 12.4 Å². The highest BCUT2D eigenvalue weighted by molar-refractivity contribution is 5.92. The molecule has 3 rings (SSSR count). The van der Waals surface area contributed by atoms with E-state index in [2.05, 4.69) is 10.6 Å². The molecule has 6 heteroatoms. The van der Waals surface area contributed by atoms with Gasteiger partial charge in [-0.3, -0.25) is 4.79 Å². The van der Waals surface area contributed by atoms with Crippen molar-refractivity contribution < 1.29 is 13.9 Å². The Morgan fingerprint density at radius 1 is 1.28 bits per heavy atom. The summed E-state index contributed by atoms with van der Waals surface area (Å²) in [4.78, 5) is 12.3. The first kappa shape index (κ1) is 19.3. The van der Waals surface area contributed by atoms with E-state index in [1.807, 2.05) is 30.3 Å². The number of para-hydroxylation sites is 1. The fourth-order valence-corrected chi connectivity index (χ4v) is 2.97. The van der Waals surface area contributed by atoms with Crippen LogP contribution in [0, 0.1) is 5.92 Å². The molecule has 0 bridgehead atoms. The summed E-state index contributed by atoms with van der Waals surface area (Å²) >= 11 is 0. The number of halogens is 1. The van der Waals surface area contributed by atoms with Crippen molar-refractivity contribution in [3.8, 4) is 5.75 Å². The number of rotatable bonds is 7. The van der Waals surface area contributed by atoms with Crippen molar-refractivity contribution in [2.75, 3.05) is 19.6 Å². The van der Waals surface area contributed by atoms with Crippen molar-refractivity contribution in [2.24, 2.45) is 5.92 Å². The Morgan fingerprint density at radius 2 is 2.12 bits per heavy atom. The number of hydrogen-bond acceptors (Lipinski definition) is 4. The predicted molar refractivity (Wildman–Crippen MR) is 99.3 cm³/mol. The molecule has 136 valence electrons. The van der Waals surface area contributed by atoms with Crippen molar-refractivity contribution in [3.63, 3.8) is 0 Å². The average molecular weight is 365 g/mol. The van der Waals surface area contributed by atoms with Crippen LogP contribution in [-0.4, -0.2) is 25.5 Å². The van der Waals surface area contributed by atoms with Gasteiger partial charge in [0.25, 0.3) is 5.91 Å². The van der Waals surface area contributed by atoms with Gasteiger partial charge in [-0.15, -0.1) is 12.4 Å². The third-order valence-electron chi connectivity index (χ3n) is 4.33. The Hall–Kier alpha value is -1.98. The van der Waals surface area contributed by atoms with Crippen LogP contribution in [0.25, 0.3) is 0 Å². The van der Waals surface area contributed by atoms with Gasteiger partial charge in [0, 0.05) is 12.1 Å². The van der Waals surface area contributed by atoms with E-state index in [0.717, 1.165) is 30.8 Å². The molecule has 1 aliphatic rings. The van der Waals surface area contributed by atoms with Gasteiger partial charge in [0.15, 0.2) is 5.76 Å². The van der Waals surface area contributed by atoms with Crippen LogP contribution in [-0.2, 0) is 6.61 Å². The molecule has 1 amide bonds. The molecule has 2 aromatic rings. The van der Waals surface area contributed by atoms with E-state index in [1.54, 1.807) is 6.07 Å². The van der Waals surface area contributed by atoms with E-state index in [9.17, 15) is 4.79 Å². The first-order valence-electron chi connectivity index (χ1n) is 8.56. The van der Waals surface area contributed by atoms with Crippen molar-refractivity contribution in [1.29, 1.82) is 0 Å². The highest BCUT2D eigenvalue weighted by Gasteiger charge is 2.17. The summed E-state index contributed by atoms with van der Waals surface area (Å²) in [5, 5.41) is 6.35. The molecule has 0 aliphatic carbocycles. The lowest BCUT2D eigenvalue weighted by molar-refractivity contribution is 0.0919. The molecule has 1 unspecified atom stereocenters. The van der Waals surface area contributed by atoms with Crippen molar-refractivity contribution >= 4 is 18.3 Å². The number of piperidine rings is 1. The lowest BCUT2D eigenvalue weighted by atomic mass is 9.96. The summed E-state index contributed by atoms with van der Waals surface area (Å²) in [5.74, 6) is 1.59. The first-order chi connectivity index (χ1) is 11.8. The first-order valence-corrected chi connectivity index (χ1v) is 8.56. The molecular weight excluding hydrogens is 340 g/mol. The number of benzene rings is 1. The van der Waals surface area contributed by atoms with E-state index >= 15 is 0 Å². The minimum Gasteiger partial charge on any atom is -0.489 e. The van der Waals surface area contributed by atoms with Crippen LogP contribution in [0.15, 0.2) is 47.1 Å². The number of ether oxygens (including phenoxy) is 1. The zero-order valence-corrected chi connectivity index (χ0v) is 15.0. The molecule has 0 saturated carbocycles. The number of carbonyl (C=O) groups is 1. The summed E-state index contributed by atoms with van der Waals surface area (Å²) in [7, 11) is 0. The van der Waals surface area contributed by atoms with Crippen LogP contribution < -0.4 is 15.4 Å². The average Bonchev–Trinajstić information content (AvgIpc) is 3.10. The quantitative estimate of drug-likeness (QED) is 0.790. The topological polar surface area (TPSA) is 63.5 Å². The van der Waals surface area contributed by atoms with Gasteiger partial charge < -0.3 is 19.8 Å². The third-order valence-corrected chi connectivity index (χ3v) is 4.33. The summed E-state index contributed by atoms with van der Waals surface area (Å²) in [5.41, 5.74) is 0.760. The second-order valence-corrected chi connectivity index (χ2v) is 6.13. The van der Waals surface area contributed by atoms with Gasteiger partial charge in [-0.2, -0.15) is 0 Å². The summed E-state index contributed by atoms with van der Waals surface area (Å²) in [6.07, 6.45) is 4.98. The zero-order valence-electron chi connectivity index (χ0n) is 14.2. The van der Waals surface area contributed by atoms with Gasteiger partial charge in [-0.25, -0.2) is 0 Å². The van der Waals surface area contributed by atoms with E-state index in [1.165, 1.54) is 19.1 Å². The third kappa shape index (κ3) is 5.80. The maximum Gasteiger partial charge on any atom is 0.287 e. The Balaban J connectivity index is 0.00000225. The molecular formula is C19H25ClN2O3. The number of hydrogen-bond donors (Lipinski definition) is 2. The molecule has 5 nitrogen and oxygen atoms in total. The van der Waals surface area contributed by atoms with E-state index in [0.29, 0.717) is 24.8 Å². The van der Waals surface area contributed by atoms with E-state index in [4.69, 9.17) is 9.15 Å². The van der Waals surface area contributed by atoms with Gasteiger partial charge in [0.2, 0.25) is 0 Å². The van der Waals surface area contributed by atoms with Crippen LogP contribution in [0.1, 0.15) is 35.4 Å². The molecule has 1 aliphatic heterocycles. The van der Waals surface area contributed by atoms with Crippen LogP contribution in [0.4, 0.5) is 0 Å². The summed E-state index contributed by atoms with van der Waals surface area (Å²) in [6.45, 7) is 3.15. The van der Waals surface area contributed by atoms with Crippen molar-refractivity contribution in [3.05, 3.63) is 54.0 Å². The standard InChI is InChI=1S/C19H24N2O3.ClH/c22-19(21-11-8-15-5-4-10-20-13-15)18-16(9-12-23-18)14-24-17-6-2-1-3-7-17;/h1-3,6-7,9,12,15,20H,4-5,8,10-11,13-14H2,(H,21,22);1H. The molecule has 2 heterocycles. The molecule has 1 atom stereocenters. The molecule has 0 radical (unpaired) electrons. The fourth-order valence-electron chi connectivity index (χ4n) is 2.97. The van der Waals surface area contributed by atoms with Crippen molar-refractivity contribution in [2.45, 2.75) is 25.9 Å². The normalized spacial score (nSPS) is 16.7. The highest BCUT2D eigenvalue weighted by Crippen LogP contribution is 2.16. The second kappa shape index (κ2) is 10.1. The van der Waals surface area contributed by atoms with Crippen LogP contribution in [0.3, 0.4) is 0 Å². The number of amides is 1. The molecule has 2 N–H and O–H groups in total. The predicted octanol–water partition coefficient (Wildman–Crippen LogP) is 3.40. The second-order valence-electron chi connectivity index (χ2n) is 6.13. The zero-order chi connectivity index (χ0) is 16.6. The monoisotopic (exact) mass is 364 g/mol. The van der Waals surface area contributed by atoms with Crippen LogP contribution >= 0.6 is 12.4 Å². The SMILES string of the molecule is Cl.O=C(NCCC1CCCNC1)c1occc1COc1ccccc1. The van der Waals surface area contributed by atoms with Gasteiger partial charge in [-0.1, -0.05) is 18.2 Å². The maximum absolute atomic E-state index is 12.3. The molecule has 1 fully saturated rings. The summed E-state index contributed by atoms with van der Waals surface area (Å²) < 4.78 is 11.0. The van der Waals surface area contributed by atoms with Gasteiger partial charge >= 0.3 is 0 Å². The number of furan rings is 1. The Bertz CT molecular complexity index is 639.